The minimum atomic E-state index is -0.297. The van der Waals surface area contributed by atoms with Crippen molar-refractivity contribution in [2.24, 2.45) is 0 Å². The van der Waals surface area contributed by atoms with Crippen LogP contribution in [0.5, 0.6) is 0 Å². The number of β-amino-alcohol motifs (C(OH)–C–C–N with tert-alkyl or cyclic N) is 1. The molecule has 1 atom stereocenters. The number of nitrogens with zero attached hydrogens (tertiary/aromatic N) is 3. The summed E-state index contributed by atoms with van der Waals surface area (Å²) in [4.78, 5) is 1.93. The van der Waals surface area contributed by atoms with E-state index in [2.05, 4.69) is 15.5 Å². The van der Waals surface area contributed by atoms with Crippen LogP contribution in [0.25, 0.3) is 0 Å². The third kappa shape index (κ3) is 3.66. The molecular weight excluding hydrogens is 236 g/mol. The highest BCUT2D eigenvalue weighted by molar-refractivity contribution is 5.25. The smallest absolute Gasteiger partial charge is 0.318 e. The molecule has 0 aliphatic carbocycles. The fourth-order valence-electron chi connectivity index (χ4n) is 1.94. The maximum atomic E-state index is 9.59. The minimum Gasteiger partial charge on any atom is -0.407 e. The Morgan fingerprint density at radius 2 is 2.44 bits per heavy atom. The van der Waals surface area contributed by atoms with Gasteiger partial charge in [-0.1, -0.05) is 5.10 Å². The first-order chi connectivity index (χ1) is 8.79. The highest BCUT2D eigenvalue weighted by Gasteiger charge is 2.21. The van der Waals surface area contributed by atoms with Gasteiger partial charge in [0.2, 0.25) is 5.89 Å². The van der Waals surface area contributed by atoms with Crippen LogP contribution in [0.3, 0.4) is 0 Å². The highest BCUT2D eigenvalue weighted by atomic mass is 16.5. The van der Waals surface area contributed by atoms with Crippen LogP contribution >= 0.6 is 0 Å². The molecular formula is C11H20N4O3. The standard InChI is InChI=1S/C11H20N4O3/c1-17-6-4-12-7-10-13-14-11(18-10)15-5-2-3-9(16)8-15/h9,12,16H,2-8H2,1H3. The summed E-state index contributed by atoms with van der Waals surface area (Å²) in [6, 6.07) is 0.497. The van der Waals surface area contributed by atoms with Crippen molar-refractivity contribution in [3.05, 3.63) is 5.89 Å². The second-order valence-electron chi connectivity index (χ2n) is 4.39. The monoisotopic (exact) mass is 256 g/mol. The molecule has 1 aliphatic rings. The van der Waals surface area contributed by atoms with Crippen LogP contribution in [0.1, 0.15) is 18.7 Å². The first kappa shape index (κ1) is 13.3. The van der Waals surface area contributed by atoms with E-state index in [4.69, 9.17) is 9.15 Å². The van der Waals surface area contributed by atoms with Gasteiger partial charge in [-0.15, -0.1) is 5.10 Å². The second-order valence-corrected chi connectivity index (χ2v) is 4.39. The third-order valence-corrected chi connectivity index (χ3v) is 2.88. The third-order valence-electron chi connectivity index (χ3n) is 2.88. The van der Waals surface area contributed by atoms with Gasteiger partial charge < -0.3 is 24.5 Å². The highest BCUT2D eigenvalue weighted by Crippen LogP contribution is 2.18. The molecule has 2 heterocycles. The Morgan fingerprint density at radius 3 is 3.22 bits per heavy atom. The number of aromatic nitrogens is 2. The summed E-state index contributed by atoms with van der Waals surface area (Å²) < 4.78 is 10.5. The van der Waals surface area contributed by atoms with Crippen LogP contribution < -0.4 is 10.2 Å². The van der Waals surface area contributed by atoms with Gasteiger partial charge in [0.05, 0.1) is 19.3 Å². The van der Waals surface area contributed by atoms with Crippen molar-refractivity contribution >= 4 is 6.01 Å². The number of piperidine rings is 1. The lowest BCUT2D eigenvalue weighted by Crippen LogP contribution is -2.38. The van der Waals surface area contributed by atoms with E-state index < -0.39 is 0 Å². The predicted octanol–water partition coefficient (Wildman–Crippen LogP) is -0.233. The number of nitrogens with one attached hydrogen (secondary N) is 1. The first-order valence-corrected chi connectivity index (χ1v) is 6.24. The van der Waals surface area contributed by atoms with Crippen molar-refractivity contribution in [1.82, 2.24) is 15.5 Å². The molecule has 2 N–H and O–H groups in total. The Kier molecular flexibility index (Phi) is 4.91. The summed E-state index contributed by atoms with van der Waals surface area (Å²) in [5, 5.41) is 20.7. The van der Waals surface area contributed by atoms with Crippen LogP contribution in [0.15, 0.2) is 4.42 Å². The van der Waals surface area contributed by atoms with Crippen LogP contribution in [0.2, 0.25) is 0 Å². The number of ether oxygens (including phenoxy) is 1. The van der Waals surface area contributed by atoms with Crippen LogP contribution in [0, 0.1) is 0 Å². The second kappa shape index (κ2) is 6.67. The lowest BCUT2D eigenvalue weighted by Gasteiger charge is -2.28. The molecule has 0 spiro atoms. The van der Waals surface area contributed by atoms with Crippen molar-refractivity contribution in [2.75, 3.05) is 38.3 Å². The molecule has 7 heteroatoms. The van der Waals surface area contributed by atoms with Crippen LogP contribution in [0.4, 0.5) is 6.01 Å². The molecule has 0 bridgehead atoms. The summed E-state index contributed by atoms with van der Waals surface area (Å²) in [6.07, 6.45) is 1.50. The molecule has 18 heavy (non-hydrogen) atoms. The summed E-state index contributed by atoms with van der Waals surface area (Å²) in [5.74, 6) is 0.557. The normalized spacial score (nSPS) is 20.3. The van der Waals surface area contributed by atoms with E-state index in [1.54, 1.807) is 7.11 Å². The number of methoxy groups -OCH3 is 1. The fourth-order valence-corrected chi connectivity index (χ4v) is 1.94. The van der Waals surface area contributed by atoms with E-state index in [1.165, 1.54) is 0 Å². The van der Waals surface area contributed by atoms with Crippen molar-refractivity contribution in [1.29, 1.82) is 0 Å². The fraction of sp³-hybridized carbons (Fsp3) is 0.818. The van der Waals surface area contributed by atoms with Gasteiger partial charge in [0.25, 0.3) is 0 Å². The zero-order valence-electron chi connectivity index (χ0n) is 10.6. The SMILES string of the molecule is COCCNCc1nnc(N2CCCC(O)C2)o1. The number of rotatable bonds is 6. The van der Waals surface area contributed by atoms with Gasteiger partial charge in [0.15, 0.2) is 0 Å². The van der Waals surface area contributed by atoms with Crippen molar-refractivity contribution < 1.29 is 14.3 Å². The molecule has 1 saturated heterocycles. The Hall–Kier alpha value is -1.18. The van der Waals surface area contributed by atoms with Crippen molar-refractivity contribution in [2.45, 2.75) is 25.5 Å². The Bertz CT molecular complexity index is 358. The van der Waals surface area contributed by atoms with Crippen molar-refractivity contribution in [3.63, 3.8) is 0 Å². The van der Waals surface area contributed by atoms with E-state index in [1.807, 2.05) is 4.90 Å². The van der Waals surface area contributed by atoms with Gasteiger partial charge in [0, 0.05) is 26.7 Å². The molecule has 1 fully saturated rings. The molecule has 0 saturated carbocycles. The summed E-state index contributed by atoms with van der Waals surface area (Å²) in [7, 11) is 1.66. The van der Waals surface area contributed by atoms with E-state index in [9.17, 15) is 5.11 Å². The lowest BCUT2D eigenvalue weighted by molar-refractivity contribution is 0.151. The molecule has 1 aromatic rings. The average molecular weight is 256 g/mol. The molecule has 1 unspecified atom stereocenters. The van der Waals surface area contributed by atoms with Gasteiger partial charge in [0.1, 0.15) is 0 Å². The lowest BCUT2D eigenvalue weighted by atomic mass is 10.1. The molecule has 2 rings (SSSR count). The summed E-state index contributed by atoms with van der Waals surface area (Å²) in [6.45, 7) is 3.36. The average Bonchev–Trinajstić information content (AvgIpc) is 2.83. The Morgan fingerprint density at radius 1 is 1.56 bits per heavy atom. The molecule has 1 aromatic heterocycles. The van der Waals surface area contributed by atoms with Gasteiger partial charge in [-0.05, 0) is 12.8 Å². The summed E-state index contributed by atoms with van der Waals surface area (Å²) >= 11 is 0. The largest absolute Gasteiger partial charge is 0.407 e. The zero-order chi connectivity index (χ0) is 12.8. The van der Waals surface area contributed by atoms with Crippen LogP contribution in [-0.2, 0) is 11.3 Å². The number of aliphatic hydroxyl groups excluding tert-OH is 1. The van der Waals surface area contributed by atoms with Crippen molar-refractivity contribution in [3.8, 4) is 0 Å². The Labute approximate surface area is 106 Å². The minimum absolute atomic E-state index is 0.297. The number of aliphatic hydroxyl groups is 1. The maximum Gasteiger partial charge on any atom is 0.318 e. The molecule has 0 aromatic carbocycles. The first-order valence-electron chi connectivity index (χ1n) is 6.24. The summed E-state index contributed by atoms with van der Waals surface area (Å²) in [5.41, 5.74) is 0. The number of hydrogen-bond donors (Lipinski definition) is 2. The topological polar surface area (TPSA) is 83.7 Å². The number of hydrogen-bond acceptors (Lipinski definition) is 7. The van der Waals surface area contributed by atoms with E-state index in [0.717, 1.165) is 25.9 Å². The van der Waals surface area contributed by atoms with Gasteiger partial charge in [-0.25, -0.2) is 0 Å². The molecule has 102 valence electrons. The van der Waals surface area contributed by atoms with E-state index in [-0.39, 0.29) is 6.10 Å². The van der Waals surface area contributed by atoms with Gasteiger partial charge in [-0.3, -0.25) is 0 Å². The quantitative estimate of drug-likeness (QED) is 0.680. The molecule has 7 nitrogen and oxygen atoms in total. The van der Waals surface area contributed by atoms with Crippen LogP contribution in [-0.4, -0.2) is 54.8 Å². The molecule has 0 radical (unpaired) electrons. The van der Waals surface area contributed by atoms with E-state index in [0.29, 0.717) is 31.6 Å². The maximum absolute atomic E-state index is 9.59. The zero-order valence-corrected chi connectivity index (χ0v) is 10.6. The molecule has 0 amide bonds. The van der Waals surface area contributed by atoms with Gasteiger partial charge in [-0.2, -0.15) is 0 Å². The van der Waals surface area contributed by atoms with Gasteiger partial charge >= 0.3 is 6.01 Å². The van der Waals surface area contributed by atoms with E-state index >= 15 is 0 Å². The predicted molar refractivity (Wildman–Crippen MR) is 65.3 cm³/mol. The Balaban J connectivity index is 1.81. The molecule has 1 aliphatic heterocycles. The number of anilines is 1.